The van der Waals surface area contributed by atoms with E-state index in [0.717, 1.165) is 16.5 Å². The van der Waals surface area contributed by atoms with Crippen molar-refractivity contribution in [1.29, 1.82) is 0 Å². The summed E-state index contributed by atoms with van der Waals surface area (Å²) < 4.78 is 5.09. The molecule has 0 atom stereocenters. The number of anilines is 1. The quantitative estimate of drug-likeness (QED) is 0.694. The van der Waals surface area contributed by atoms with Crippen LogP contribution in [0.2, 0.25) is 0 Å². The smallest absolute Gasteiger partial charge is 0.186 e. The average molecular weight is 239 g/mol. The van der Waals surface area contributed by atoms with Crippen LogP contribution in [0, 0.1) is 0 Å². The van der Waals surface area contributed by atoms with Gasteiger partial charge in [-0.1, -0.05) is 6.07 Å². The summed E-state index contributed by atoms with van der Waals surface area (Å²) >= 11 is 0. The largest absolute Gasteiger partial charge is 0.459 e. The van der Waals surface area contributed by atoms with E-state index in [-0.39, 0.29) is 5.76 Å². The van der Waals surface area contributed by atoms with Gasteiger partial charge in [-0.3, -0.25) is 4.79 Å². The van der Waals surface area contributed by atoms with Crippen molar-refractivity contribution in [1.82, 2.24) is 9.97 Å². The standard InChI is InChI=1S/C13H9N3O2/c14-10-6-18-12(5-17)13(10)8-1-2-11-9(3-8)4-15-7-16-11/h1-7H,14H2. The highest BCUT2D eigenvalue weighted by Gasteiger charge is 2.13. The van der Waals surface area contributed by atoms with Crippen molar-refractivity contribution < 1.29 is 9.21 Å². The highest BCUT2D eigenvalue weighted by atomic mass is 16.3. The lowest BCUT2D eigenvalue weighted by atomic mass is 10.0. The number of nitrogen functional groups attached to an aromatic ring is 1. The van der Waals surface area contributed by atoms with Crippen LogP contribution < -0.4 is 5.73 Å². The fraction of sp³-hybridized carbons (Fsp3) is 0. The molecule has 0 amide bonds. The Hall–Kier alpha value is -2.69. The molecule has 0 saturated carbocycles. The molecule has 0 spiro atoms. The first-order chi connectivity index (χ1) is 8.79. The van der Waals surface area contributed by atoms with E-state index >= 15 is 0 Å². The van der Waals surface area contributed by atoms with Crippen LogP contribution in [0.4, 0.5) is 5.69 Å². The van der Waals surface area contributed by atoms with E-state index in [2.05, 4.69) is 9.97 Å². The minimum atomic E-state index is 0.226. The van der Waals surface area contributed by atoms with E-state index in [4.69, 9.17) is 10.2 Å². The number of furan rings is 1. The molecule has 0 bridgehead atoms. The van der Waals surface area contributed by atoms with Gasteiger partial charge in [0.2, 0.25) is 0 Å². The third-order valence-corrected chi connectivity index (χ3v) is 2.75. The molecule has 5 heteroatoms. The molecule has 3 rings (SSSR count). The van der Waals surface area contributed by atoms with Gasteiger partial charge >= 0.3 is 0 Å². The summed E-state index contributed by atoms with van der Waals surface area (Å²) in [6, 6.07) is 5.58. The predicted octanol–water partition coefficient (Wildman–Crippen LogP) is 2.28. The zero-order valence-corrected chi connectivity index (χ0v) is 9.33. The van der Waals surface area contributed by atoms with E-state index in [1.165, 1.54) is 12.6 Å². The summed E-state index contributed by atoms with van der Waals surface area (Å²) in [5.74, 6) is 0.226. The van der Waals surface area contributed by atoms with Gasteiger partial charge in [0, 0.05) is 11.6 Å². The number of carbonyl (C=O) groups excluding carboxylic acids is 1. The highest BCUT2D eigenvalue weighted by molar-refractivity contribution is 5.93. The molecule has 88 valence electrons. The van der Waals surface area contributed by atoms with Crippen LogP contribution in [0.1, 0.15) is 10.6 Å². The van der Waals surface area contributed by atoms with Gasteiger partial charge < -0.3 is 10.2 Å². The number of hydrogen-bond acceptors (Lipinski definition) is 5. The van der Waals surface area contributed by atoms with Crippen LogP contribution in [0.3, 0.4) is 0 Å². The maximum Gasteiger partial charge on any atom is 0.186 e. The summed E-state index contributed by atoms with van der Waals surface area (Å²) in [7, 11) is 0. The van der Waals surface area contributed by atoms with E-state index in [1.807, 2.05) is 18.2 Å². The summed E-state index contributed by atoms with van der Waals surface area (Å²) in [6.45, 7) is 0. The summed E-state index contributed by atoms with van der Waals surface area (Å²) in [4.78, 5) is 19.0. The van der Waals surface area contributed by atoms with Gasteiger partial charge in [0.25, 0.3) is 0 Å². The summed E-state index contributed by atoms with van der Waals surface area (Å²) in [5, 5.41) is 0.882. The van der Waals surface area contributed by atoms with Gasteiger partial charge in [0.1, 0.15) is 12.6 Å². The Balaban J connectivity index is 2.25. The average Bonchev–Trinajstić information content (AvgIpc) is 2.79. The third kappa shape index (κ3) is 1.53. The third-order valence-electron chi connectivity index (χ3n) is 2.75. The molecular weight excluding hydrogens is 230 g/mol. The Morgan fingerprint density at radius 2 is 2.22 bits per heavy atom. The Morgan fingerprint density at radius 3 is 3.06 bits per heavy atom. The molecule has 0 saturated heterocycles. The van der Waals surface area contributed by atoms with Crippen molar-refractivity contribution in [3.63, 3.8) is 0 Å². The Kier molecular flexibility index (Phi) is 2.30. The lowest BCUT2D eigenvalue weighted by molar-refractivity contribution is 0.110. The first-order valence-electron chi connectivity index (χ1n) is 5.32. The molecule has 5 nitrogen and oxygen atoms in total. The molecule has 0 aliphatic rings. The monoisotopic (exact) mass is 239 g/mol. The van der Waals surface area contributed by atoms with Crippen LogP contribution in [0.25, 0.3) is 22.0 Å². The number of rotatable bonds is 2. The molecule has 2 aromatic heterocycles. The van der Waals surface area contributed by atoms with Crippen molar-refractivity contribution in [3.8, 4) is 11.1 Å². The van der Waals surface area contributed by atoms with Gasteiger partial charge in [0.05, 0.1) is 16.8 Å². The first kappa shape index (κ1) is 10.5. The fourth-order valence-electron chi connectivity index (χ4n) is 1.92. The van der Waals surface area contributed by atoms with Crippen molar-refractivity contribution in [2.75, 3.05) is 5.73 Å². The Bertz CT molecular complexity index is 734. The van der Waals surface area contributed by atoms with Gasteiger partial charge in [-0.05, 0) is 17.7 Å². The fourth-order valence-corrected chi connectivity index (χ4v) is 1.92. The maximum absolute atomic E-state index is 10.9. The second-order valence-electron chi connectivity index (χ2n) is 3.84. The SMILES string of the molecule is Nc1coc(C=O)c1-c1ccc2ncncc2c1. The number of nitrogens with zero attached hydrogens (tertiary/aromatic N) is 2. The summed E-state index contributed by atoms with van der Waals surface area (Å²) in [6.07, 6.45) is 5.22. The van der Waals surface area contributed by atoms with Gasteiger partial charge in [-0.15, -0.1) is 0 Å². The maximum atomic E-state index is 10.9. The number of nitrogens with two attached hydrogens (primary N) is 1. The molecule has 2 N–H and O–H groups in total. The molecule has 0 unspecified atom stereocenters. The van der Waals surface area contributed by atoms with Crippen molar-refractivity contribution in [3.05, 3.63) is 42.7 Å². The van der Waals surface area contributed by atoms with Crippen LogP contribution in [0.15, 0.2) is 41.4 Å². The van der Waals surface area contributed by atoms with Gasteiger partial charge in [-0.25, -0.2) is 9.97 Å². The number of aromatic nitrogens is 2. The van der Waals surface area contributed by atoms with E-state index in [1.54, 1.807) is 6.20 Å². The van der Waals surface area contributed by atoms with Crippen molar-refractivity contribution >= 4 is 22.9 Å². The first-order valence-corrected chi connectivity index (χ1v) is 5.32. The molecule has 0 fully saturated rings. The Morgan fingerprint density at radius 1 is 1.33 bits per heavy atom. The Labute approximate surface area is 102 Å². The molecule has 0 aliphatic heterocycles. The van der Waals surface area contributed by atoms with Crippen LogP contribution in [-0.2, 0) is 0 Å². The number of fused-ring (bicyclic) bond motifs is 1. The molecule has 2 heterocycles. The normalized spacial score (nSPS) is 10.7. The van der Waals surface area contributed by atoms with Crippen LogP contribution in [-0.4, -0.2) is 16.3 Å². The van der Waals surface area contributed by atoms with Gasteiger partial charge in [-0.2, -0.15) is 0 Å². The zero-order valence-electron chi connectivity index (χ0n) is 9.33. The molecule has 0 aliphatic carbocycles. The topological polar surface area (TPSA) is 82.0 Å². The number of hydrogen-bond donors (Lipinski definition) is 1. The van der Waals surface area contributed by atoms with Crippen LogP contribution >= 0.6 is 0 Å². The van der Waals surface area contributed by atoms with E-state index < -0.39 is 0 Å². The zero-order chi connectivity index (χ0) is 12.5. The molecular formula is C13H9N3O2. The summed E-state index contributed by atoms with van der Waals surface area (Å²) in [5.41, 5.74) is 8.50. The van der Waals surface area contributed by atoms with Crippen molar-refractivity contribution in [2.45, 2.75) is 0 Å². The van der Waals surface area contributed by atoms with Crippen LogP contribution in [0.5, 0.6) is 0 Å². The number of aldehydes is 1. The van der Waals surface area contributed by atoms with Crippen molar-refractivity contribution in [2.24, 2.45) is 0 Å². The van der Waals surface area contributed by atoms with E-state index in [0.29, 0.717) is 17.5 Å². The minimum Gasteiger partial charge on any atom is -0.459 e. The highest BCUT2D eigenvalue weighted by Crippen LogP contribution is 2.32. The molecule has 0 radical (unpaired) electrons. The second kappa shape index (κ2) is 3.96. The minimum absolute atomic E-state index is 0.226. The molecule has 18 heavy (non-hydrogen) atoms. The number of carbonyl (C=O) groups is 1. The van der Waals surface area contributed by atoms with E-state index in [9.17, 15) is 4.79 Å². The number of benzene rings is 1. The molecule has 1 aromatic carbocycles. The lowest BCUT2D eigenvalue weighted by Crippen LogP contribution is -1.89. The predicted molar refractivity (Wildman–Crippen MR) is 67.0 cm³/mol. The lowest BCUT2D eigenvalue weighted by Gasteiger charge is -2.02. The molecule has 3 aromatic rings. The second-order valence-corrected chi connectivity index (χ2v) is 3.84. The van der Waals surface area contributed by atoms with Gasteiger partial charge in [0.15, 0.2) is 12.0 Å².